The van der Waals surface area contributed by atoms with Crippen LogP contribution in [0.25, 0.3) is 0 Å². The molecule has 0 aliphatic heterocycles. The summed E-state index contributed by atoms with van der Waals surface area (Å²) in [6.45, 7) is -0.702. The van der Waals surface area contributed by atoms with E-state index in [-0.39, 0.29) is 26.2 Å². The molecule has 0 atom stereocenters. The quantitative estimate of drug-likeness (QED) is 0.217. The first-order valence-electron chi connectivity index (χ1n) is 6.39. The van der Waals surface area contributed by atoms with Crippen molar-refractivity contribution in [2.75, 3.05) is 19.8 Å². The summed E-state index contributed by atoms with van der Waals surface area (Å²) in [6, 6.07) is 0. The molecule has 0 aromatic heterocycles. The van der Waals surface area contributed by atoms with Crippen LogP contribution in [-0.4, -0.2) is 56.4 Å². The van der Waals surface area contributed by atoms with Crippen LogP contribution in [0.2, 0.25) is 0 Å². The van der Waals surface area contributed by atoms with Gasteiger partial charge in [0.15, 0.2) is 0 Å². The van der Waals surface area contributed by atoms with Crippen molar-refractivity contribution in [3.05, 3.63) is 0 Å². The second-order valence-corrected chi connectivity index (χ2v) is 5.02. The van der Waals surface area contributed by atoms with Crippen molar-refractivity contribution in [1.82, 2.24) is 0 Å². The molecule has 0 bridgehead atoms. The third-order valence-electron chi connectivity index (χ3n) is 3.23. The molecule has 0 fully saturated rings. The van der Waals surface area contributed by atoms with E-state index in [1.807, 2.05) is 0 Å². The highest BCUT2D eigenvalue weighted by Gasteiger charge is 2.27. The van der Waals surface area contributed by atoms with Gasteiger partial charge in [0.25, 0.3) is 5.97 Å². The minimum Gasteiger partial charge on any atom is -0.396 e. The van der Waals surface area contributed by atoms with E-state index in [4.69, 9.17) is 30.6 Å². The van der Waals surface area contributed by atoms with E-state index in [2.05, 4.69) is 0 Å². The molecule has 0 saturated carbocycles. The average molecular weight is 266 g/mol. The molecule has 0 aromatic carbocycles. The molecule has 110 valence electrons. The topological polar surface area (TPSA) is 121 Å². The summed E-state index contributed by atoms with van der Waals surface area (Å²) in [4.78, 5) is 0. The number of aliphatic hydroxyl groups is 6. The van der Waals surface area contributed by atoms with Gasteiger partial charge in [0.1, 0.15) is 0 Å². The van der Waals surface area contributed by atoms with Gasteiger partial charge in [-0.2, -0.15) is 0 Å². The van der Waals surface area contributed by atoms with Crippen LogP contribution < -0.4 is 0 Å². The van der Waals surface area contributed by atoms with Gasteiger partial charge in [-0.25, -0.2) is 0 Å². The normalized spacial score (nSPS) is 13.0. The Morgan fingerprint density at radius 3 is 1.33 bits per heavy atom. The van der Waals surface area contributed by atoms with Gasteiger partial charge in [0.05, 0.1) is 19.8 Å². The number of hydrogen-bond acceptors (Lipinski definition) is 6. The summed E-state index contributed by atoms with van der Waals surface area (Å²) in [6.07, 6.45) is 4.30. The largest absolute Gasteiger partial charge is 0.396 e. The minimum atomic E-state index is -2.57. The first-order chi connectivity index (χ1) is 8.39. The summed E-state index contributed by atoms with van der Waals surface area (Å²) < 4.78 is 0. The van der Waals surface area contributed by atoms with Crippen LogP contribution in [0, 0.1) is 5.41 Å². The number of unbranched alkanes of at least 4 members (excludes halogenated alkanes) is 4. The van der Waals surface area contributed by atoms with Crippen LogP contribution in [0.1, 0.15) is 44.9 Å². The Morgan fingerprint density at radius 2 is 0.944 bits per heavy atom. The SMILES string of the molecule is OCC(CO)(CO)CCCCCCCC(O)(O)O. The van der Waals surface area contributed by atoms with Gasteiger partial charge in [-0.15, -0.1) is 0 Å². The highest BCUT2D eigenvalue weighted by molar-refractivity contribution is 4.76. The van der Waals surface area contributed by atoms with Crippen LogP contribution in [0.5, 0.6) is 0 Å². The third kappa shape index (κ3) is 7.97. The van der Waals surface area contributed by atoms with Crippen molar-refractivity contribution >= 4 is 0 Å². The number of aliphatic hydroxyl groups excluding tert-OH is 3. The Kier molecular flexibility index (Phi) is 8.67. The first-order valence-corrected chi connectivity index (χ1v) is 6.39. The Hall–Kier alpha value is -0.240. The molecule has 0 heterocycles. The lowest BCUT2D eigenvalue weighted by Crippen LogP contribution is -2.33. The molecule has 0 aliphatic rings. The number of rotatable bonds is 11. The standard InChI is InChI=1S/C12H26O6/c13-8-11(9-14,10-15)6-4-2-1-3-5-7-12(16,17)18/h13-18H,1-10H2. The lowest BCUT2D eigenvalue weighted by Gasteiger charge is -2.27. The maximum Gasteiger partial charge on any atom is 0.275 e. The summed E-state index contributed by atoms with van der Waals surface area (Å²) in [5, 5.41) is 53.3. The highest BCUT2D eigenvalue weighted by Crippen LogP contribution is 2.24. The molecule has 0 aliphatic carbocycles. The smallest absolute Gasteiger partial charge is 0.275 e. The van der Waals surface area contributed by atoms with Crippen LogP contribution >= 0.6 is 0 Å². The molecule has 0 unspecified atom stereocenters. The van der Waals surface area contributed by atoms with Gasteiger partial charge < -0.3 is 30.6 Å². The van der Waals surface area contributed by atoms with Gasteiger partial charge >= 0.3 is 0 Å². The molecule has 18 heavy (non-hydrogen) atoms. The Morgan fingerprint density at radius 1 is 0.556 bits per heavy atom. The zero-order valence-electron chi connectivity index (χ0n) is 10.8. The Bertz CT molecular complexity index is 189. The Labute approximate surface area is 108 Å². The fraction of sp³-hybridized carbons (Fsp3) is 1.00. The molecule has 6 nitrogen and oxygen atoms in total. The zero-order chi connectivity index (χ0) is 14.1. The second-order valence-electron chi connectivity index (χ2n) is 5.02. The molecule has 0 saturated heterocycles. The van der Waals surface area contributed by atoms with Crippen molar-refractivity contribution in [3.8, 4) is 0 Å². The summed E-state index contributed by atoms with van der Waals surface area (Å²) in [5.74, 6) is -2.57. The maximum atomic E-state index is 9.10. The minimum absolute atomic E-state index is 0.0686. The van der Waals surface area contributed by atoms with Crippen LogP contribution in [-0.2, 0) is 0 Å². The van der Waals surface area contributed by atoms with Gasteiger partial charge in [0.2, 0.25) is 0 Å². The Balaban J connectivity index is 3.56. The molecule has 6 heteroatoms. The van der Waals surface area contributed by atoms with Crippen molar-refractivity contribution < 1.29 is 30.6 Å². The van der Waals surface area contributed by atoms with Crippen molar-refractivity contribution in [3.63, 3.8) is 0 Å². The summed E-state index contributed by atoms with van der Waals surface area (Å²) >= 11 is 0. The van der Waals surface area contributed by atoms with E-state index in [9.17, 15) is 0 Å². The summed E-state index contributed by atoms with van der Waals surface area (Å²) in [7, 11) is 0. The molecular weight excluding hydrogens is 240 g/mol. The van der Waals surface area contributed by atoms with Gasteiger partial charge in [-0.05, 0) is 12.8 Å². The predicted molar refractivity (Wildman–Crippen MR) is 65.4 cm³/mol. The van der Waals surface area contributed by atoms with Crippen molar-refractivity contribution in [2.45, 2.75) is 50.9 Å². The average Bonchev–Trinajstić information content (AvgIpc) is 2.32. The monoisotopic (exact) mass is 266 g/mol. The molecule has 0 aromatic rings. The summed E-state index contributed by atoms with van der Waals surface area (Å²) in [5.41, 5.74) is -0.795. The van der Waals surface area contributed by atoms with Gasteiger partial charge in [-0.3, -0.25) is 0 Å². The predicted octanol–water partition coefficient (Wildman–Crippen LogP) is -0.689. The third-order valence-corrected chi connectivity index (χ3v) is 3.23. The van der Waals surface area contributed by atoms with E-state index in [1.54, 1.807) is 0 Å². The highest BCUT2D eigenvalue weighted by atomic mass is 16.7. The van der Waals surface area contributed by atoms with E-state index in [0.29, 0.717) is 12.8 Å². The van der Waals surface area contributed by atoms with Crippen LogP contribution in [0.3, 0.4) is 0 Å². The van der Waals surface area contributed by atoms with Crippen LogP contribution in [0.4, 0.5) is 0 Å². The van der Waals surface area contributed by atoms with E-state index >= 15 is 0 Å². The molecule has 0 radical (unpaired) electrons. The molecule has 0 amide bonds. The fourth-order valence-electron chi connectivity index (χ4n) is 1.78. The van der Waals surface area contributed by atoms with Gasteiger partial charge in [-0.1, -0.05) is 25.7 Å². The molecule has 0 spiro atoms. The second kappa shape index (κ2) is 8.79. The van der Waals surface area contributed by atoms with E-state index in [0.717, 1.165) is 25.7 Å². The maximum absolute atomic E-state index is 9.10. The van der Waals surface area contributed by atoms with Crippen molar-refractivity contribution in [2.24, 2.45) is 5.41 Å². The van der Waals surface area contributed by atoms with Gasteiger partial charge in [0, 0.05) is 11.8 Å². The molecule has 6 N–H and O–H groups in total. The lowest BCUT2D eigenvalue weighted by molar-refractivity contribution is -0.315. The first kappa shape index (κ1) is 17.8. The molecule has 0 rings (SSSR count). The van der Waals surface area contributed by atoms with Crippen molar-refractivity contribution in [1.29, 1.82) is 0 Å². The lowest BCUT2D eigenvalue weighted by atomic mass is 9.85. The number of hydrogen-bond donors (Lipinski definition) is 6. The fourth-order valence-corrected chi connectivity index (χ4v) is 1.78. The zero-order valence-corrected chi connectivity index (χ0v) is 10.8. The van der Waals surface area contributed by atoms with Crippen LogP contribution in [0.15, 0.2) is 0 Å². The van der Waals surface area contributed by atoms with E-state index < -0.39 is 11.4 Å². The van der Waals surface area contributed by atoms with E-state index in [1.165, 1.54) is 0 Å². The molecular formula is C12H26O6.